The number of hydrogen-bond acceptors (Lipinski definition) is 3. The summed E-state index contributed by atoms with van der Waals surface area (Å²) in [4.78, 5) is 12.4. The van der Waals surface area contributed by atoms with Gasteiger partial charge >= 0.3 is 0 Å². The van der Waals surface area contributed by atoms with Gasteiger partial charge in [-0.1, -0.05) is 35.3 Å². The van der Waals surface area contributed by atoms with Gasteiger partial charge in [0.2, 0.25) is 10.0 Å². The molecule has 1 amide bonds. The molecular formula is C17H18Cl2N2O3S. The molecule has 2 aromatic rings. The lowest BCUT2D eigenvalue weighted by atomic mass is 10.1. The number of nitrogens with zero attached hydrogens (tertiary/aromatic N) is 1. The van der Waals surface area contributed by atoms with Gasteiger partial charge in [-0.25, -0.2) is 12.7 Å². The van der Waals surface area contributed by atoms with Gasteiger partial charge < -0.3 is 5.32 Å². The van der Waals surface area contributed by atoms with Crippen LogP contribution < -0.4 is 5.32 Å². The summed E-state index contributed by atoms with van der Waals surface area (Å²) in [6.07, 6.45) is 0. The van der Waals surface area contributed by atoms with E-state index < -0.39 is 15.9 Å². The molecule has 1 N–H and O–H groups in total. The molecule has 0 bridgehead atoms. The first-order valence-corrected chi connectivity index (χ1v) is 9.61. The summed E-state index contributed by atoms with van der Waals surface area (Å²) in [6.45, 7) is 1.83. The van der Waals surface area contributed by atoms with Gasteiger partial charge in [0.1, 0.15) is 4.90 Å². The molecule has 0 saturated heterocycles. The molecule has 0 unspecified atom stereocenters. The summed E-state index contributed by atoms with van der Waals surface area (Å²) in [7, 11) is -0.935. The maximum atomic E-state index is 12.5. The fourth-order valence-electron chi connectivity index (χ4n) is 2.15. The second-order valence-corrected chi connectivity index (χ2v) is 8.64. The molecule has 0 fully saturated rings. The Morgan fingerprint density at radius 2 is 1.68 bits per heavy atom. The van der Waals surface area contributed by atoms with Crippen LogP contribution in [0.15, 0.2) is 47.4 Å². The zero-order chi connectivity index (χ0) is 18.8. The molecule has 0 saturated carbocycles. The number of benzene rings is 2. The summed E-state index contributed by atoms with van der Waals surface area (Å²) >= 11 is 11.9. The first-order valence-electron chi connectivity index (χ1n) is 7.41. The molecule has 0 heterocycles. The van der Waals surface area contributed by atoms with E-state index in [1.807, 2.05) is 19.1 Å². The van der Waals surface area contributed by atoms with Crippen LogP contribution in [0.25, 0.3) is 0 Å². The van der Waals surface area contributed by atoms with Crippen molar-refractivity contribution in [2.24, 2.45) is 0 Å². The molecule has 0 aliphatic carbocycles. The first kappa shape index (κ1) is 19.7. The van der Waals surface area contributed by atoms with E-state index in [4.69, 9.17) is 23.2 Å². The number of rotatable bonds is 5. The fourth-order valence-corrected chi connectivity index (χ4v) is 3.67. The Kier molecular flexibility index (Phi) is 6.11. The van der Waals surface area contributed by atoms with E-state index in [0.29, 0.717) is 5.02 Å². The average molecular weight is 401 g/mol. The molecule has 134 valence electrons. The normalized spacial score (nSPS) is 12.9. The van der Waals surface area contributed by atoms with E-state index in [2.05, 4.69) is 5.32 Å². The monoisotopic (exact) mass is 400 g/mol. The molecule has 25 heavy (non-hydrogen) atoms. The zero-order valence-electron chi connectivity index (χ0n) is 14.0. The number of nitrogens with one attached hydrogen (secondary N) is 1. The third kappa shape index (κ3) is 4.52. The van der Waals surface area contributed by atoms with E-state index in [0.717, 1.165) is 9.87 Å². The van der Waals surface area contributed by atoms with Crippen molar-refractivity contribution in [3.05, 3.63) is 63.6 Å². The van der Waals surface area contributed by atoms with Gasteiger partial charge in [-0.05, 0) is 42.8 Å². The van der Waals surface area contributed by atoms with Crippen LogP contribution >= 0.6 is 23.2 Å². The predicted molar refractivity (Wildman–Crippen MR) is 99.7 cm³/mol. The maximum Gasteiger partial charge on any atom is 0.251 e. The van der Waals surface area contributed by atoms with E-state index in [9.17, 15) is 13.2 Å². The number of halogens is 2. The van der Waals surface area contributed by atoms with Crippen LogP contribution in [0.5, 0.6) is 0 Å². The van der Waals surface area contributed by atoms with Crippen molar-refractivity contribution < 1.29 is 13.2 Å². The van der Waals surface area contributed by atoms with E-state index in [1.54, 1.807) is 12.1 Å². The highest BCUT2D eigenvalue weighted by Crippen LogP contribution is 2.25. The highest BCUT2D eigenvalue weighted by atomic mass is 35.5. The lowest BCUT2D eigenvalue weighted by Crippen LogP contribution is -2.27. The van der Waals surface area contributed by atoms with Gasteiger partial charge in [-0.15, -0.1) is 0 Å². The van der Waals surface area contributed by atoms with Gasteiger partial charge in [0.25, 0.3) is 5.91 Å². The molecule has 8 heteroatoms. The third-order valence-electron chi connectivity index (χ3n) is 3.67. The Labute approximate surface area is 157 Å². The summed E-state index contributed by atoms with van der Waals surface area (Å²) in [6, 6.07) is 11.0. The van der Waals surface area contributed by atoms with Gasteiger partial charge in [0.05, 0.1) is 11.1 Å². The molecule has 2 aromatic carbocycles. The number of carbonyl (C=O) groups is 1. The predicted octanol–water partition coefficient (Wildman–Crippen LogP) is 3.73. The zero-order valence-corrected chi connectivity index (χ0v) is 16.3. The largest absolute Gasteiger partial charge is 0.346 e. The minimum absolute atomic E-state index is 0.0657. The molecule has 0 radical (unpaired) electrons. The number of amides is 1. The summed E-state index contributed by atoms with van der Waals surface area (Å²) in [5.74, 6) is -0.394. The molecule has 0 spiro atoms. The topological polar surface area (TPSA) is 66.5 Å². The van der Waals surface area contributed by atoms with Crippen molar-refractivity contribution in [1.29, 1.82) is 0 Å². The number of carbonyl (C=O) groups excluding carboxylic acids is 1. The number of hydrogen-bond donors (Lipinski definition) is 1. The van der Waals surface area contributed by atoms with Gasteiger partial charge in [-0.2, -0.15) is 0 Å². The Morgan fingerprint density at radius 3 is 2.24 bits per heavy atom. The van der Waals surface area contributed by atoms with Crippen LogP contribution in [-0.4, -0.2) is 32.7 Å². The summed E-state index contributed by atoms with van der Waals surface area (Å²) < 4.78 is 25.6. The van der Waals surface area contributed by atoms with Crippen molar-refractivity contribution in [3.63, 3.8) is 0 Å². The second kappa shape index (κ2) is 7.74. The van der Waals surface area contributed by atoms with Gasteiger partial charge in [-0.3, -0.25) is 4.79 Å². The van der Waals surface area contributed by atoms with Crippen molar-refractivity contribution in [2.75, 3.05) is 14.1 Å². The molecule has 0 aliphatic rings. The second-order valence-electron chi connectivity index (χ2n) is 5.68. The first-order chi connectivity index (χ1) is 11.6. The van der Waals surface area contributed by atoms with Crippen molar-refractivity contribution in [2.45, 2.75) is 17.9 Å². The standard InChI is InChI=1S/C17H18Cl2N2O3S/c1-11(12-4-7-14(18)8-5-12)20-17(22)13-6-9-15(19)16(10-13)25(23,24)21(2)3/h4-11H,1-3H3,(H,20,22)/t11-/m0/s1. The van der Waals surface area contributed by atoms with Crippen LogP contribution in [-0.2, 0) is 10.0 Å². The fraction of sp³-hybridized carbons (Fsp3) is 0.235. The van der Waals surface area contributed by atoms with E-state index in [-0.39, 0.29) is 21.5 Å². The minimum atomic E-state index is -3.74. The van der Waals surface area contributed by atoms with Crippen LogP contribution in [0.2, 0.25) is 10.0 Å². The third-order valence-corrected chi connectivity index (χ3v) is 6.22. The van der Waals surface area contributed by atoms with Gasteiger partial charge in [0.15, 0.2) is 0 Å². The lowest BCUT2D eigenvalue weighted by molar-refractivity contribution is 0.0939. The maximum absolute atomic E-state index is 12.5. The Bertz CT molecular complexity index is 881. The summed E-state index contributed by atoms with van der Waals surface area (Å²) in [5.41, 5.74) is 1.10. The van der Waals surface area contributed by atoms with E-state index >= 15 is 0 Å². The highest BCUT2D eigenvalue weighted by molar-refractivity contribution is 7.89. The molecule has 1 atom stereocenters. The molecule has 0 aromatic heterocycles. The number of sulfonamides is 1. The molecular weight excluding hydrogens is 383 g/mol. The Hall–Kier alpha value is -1.60. The van der Waals surface area contributed by atoms with E-state index in [1.165, 1.54) is 32.3 Å². The summed E-state index contributed by atoms with van der Waals surface area (Å²) in [5, 5.41) is 3.50. The SMILES string of the molecule is C[C@H](NC(=O)c1ccc(Cl)c(S(=O)(=O)N(C)C)c1)c1ccc(Cl)cc1. The molecule has 5 nitrogen and oxygen atoms in total. The smallest absolute Gasteiger partial charge is 0.251 e. The van der Waals surface area contributed by atoms with Crippen molar-refractivity contribution in [3.8, 4) is 0 Å². The Balaban J connectivity index is 2.27. The van der Waals surface area contributed by atoms with Crippen LogP contribution in [0.3, 0.4) is 0 Å². The molecule has 0 aliphatic heterocycles. The highest BCUT2D eigenvalue weighted by Gasteiger charge is 2.23. The van der Waals surface area contributed by atoms with Gasteiger partial charge in [0, 0.05) is 24.7 Å². The average Bonchev–Trinajstić information content (AvgIpc) is 2.55. The lowest BCUT2D eigenvalue weighted by Gasteiger charge is -2.16. The van der Waals surface area contributed by atoms with Crippen LogP contribution in [0, 0.1) is 0 Å². The Morgan fingerprint density at radius 1 is 1.08 bits per heavy atom. The quantitative estimate of drug-likeness (QED) is 0.830. The van der Waals surface area contributed by atoms with Crippen molar-refractivity contribution in [1.82, 2.24) is 9.62 Å². The van der Waals surface area contributed by atoms with Crippen molar-refractivity contribution >= 4 is 39.1 Å². The minimum Gasteiger partial charge on any atom is -0.346 e. The van der Waals surface area contributed by atoms with Crippen LogP contribution in [0.1, 0.15) is 28.9 Å². The van der Waals surface area contributed by atoms with Crippen LogP contribution in [0.4, 0.5) is 0 Å². The molecule has 2 rings (SSSR count).